The van der Waals surface area contributed by atoms with Crippen molar-refractivity contribution in [1.29, 1.82) is 0 Å². The summed E-state index contributed by atoms with van der Waals surface area (Å²) in [6, 6.07) is 3.05. The first-order valence-corrected chi connectivity index (χ1v) is 6.35. The van der Waals surface area contributed by atoms with Gasteiger partial charge in [-0.25, -0.2) is 15.0 Å². The molecule has 0 unspecified atom stereocenters. The molecular formula is C12H13N3O3S. The lowest BCUT2D eigenvalue weighted by molar-refractivity contribution is 0.0697. The summed E-state index contributed by atoms with van der Waals surface area (Å²) in [7, 11) is 0. The van der Waals surface area contributed by atoms with E-state index in [1.807, 2.05) is 6.92 Å². The highest BCUT2D eigenvalue weighted by Crippen LogP contribution is 2.32. The Kier molecular flexibility index (Phi) is 3.57. The number of carbonyl (C=O) groups is 2. The summed E-state index contributed by atoms with van der Waals surface area (Å²) in [6.45, 7) is 3.55. The van der Waals surface area contributed by atoms with Crippen molar-refractivity contribution < 1.29 is 14.7 Å². The van der Waals surface area contributed by atoms with Crippen LogP contribution in [0.2, 0.25) is 0 Å². The summed E-state index contributed by atoms with van der Waals surface area (Å²) < 4.78 is 1.48. The first kappa shape index (κ1) is 13.2. The second-order valence-electron chi connectivity index (χ2n) is 3.95. The molecule has 0 atom stereocenters. The molecule has 0 aromatic carbocycles. The lowest BCUT2D eigenvalue weighted by Crippen LogP contribution is -2.26. The van der Waals surface area contributed by atoms with E-state index in [1.54, 1.807) is 31.5 Å². The molecule has 0 spiro atoms. The summed E-state index contributed by atoms with van der Waals surface area (Å²) >= 11 is 1.25. The van der Waals surface area contributed by atoms with Crippen molar-refractivity contribution >= 4 is 28.3 Å². The number of carbonyl (C=O) groups excluding carboxylic acids is 1. The van der Waals surface area contributed by atoms with Gasteiger partial charge in [0, 0.05) is 17.3 Å². The van der Waals surface area contributed by atoms with Gasteiger partial charge in [-0.3, -0.25) is 9.99 Å². The van der Waals surface area contributed by atoms with E-state index < -0.39 is 12.0 Å². The Labute approximate surface area is 113 Å². The molecule has 2 aromatic rings. The first-order valence-electron chi connectivity index (χ1n) is 5.53. The molecule has 2 aromatic heterocycles. The third-order valence-corrected chi connectivity index (χ3v) is 3.78. The minimum atomic E-state index is -1.04. The first-order chi connectivity index (χ1) is 8.99. The second-order valence-corrected chi connectivity index (χ2v) is 5.17. The number of aryl methyl sites for hydroxylation is 1. The Bertz CT molecular complexity index is 616. The summed E-state index contributed by atoms with van der Waals surface area (Å²) in [5.41, 5.74) is 3.36. The van der Waals surface area contributed by atoms with Crippen LogP contribution in [0.4, 0.5) is 9.80 Å². The van der Waals surface area contributed by atoms with Crippen LogP contribution < -0.4 is 10.7 Å². The number of urea groups is 1. The Morgan fingerprint density at radius 3 is 2.47 bits per heavy atom. The van der Waals surface area contributed by atoms with Gasteiger partial charge in [-0.2, -0.15) is 0 Å². The summed E-state index contributed by atoms with van der Waals surface area (Å²) in [5.74, 6) is -1.04. The summed E-state index contributed by atoms with van der Waals surface area (Å²) in [6.07, 6.45) is 3.34. The highest BCUT2D eigenvalue weighted by molar-refractivity contribution is 7.16. The van der Waals surface area contributed by atoms with Gasteiger partial charge in [0.25, 0.3) is 0 Å². The molecule has 7 heteroatoms. The molecule has 0 aliphatic carbocycles. The smallest absolute Gasteiger partial charge is 0.338 e. The molecule has 2 amide bonds. The topological polar surface area (TPSA) is 83.4 Å². The maximum absolute atomic E-state index is 11.7. The van der Waals surface area contributed by atoms with Crippen molar-refractivity contribution in [2.75, 3.05) is 10.7 Å². The lowest BCUT2D eigenvalue weighted by atomic mass is 10.1. The van der Waals surface area contributed by atoms with Crippen molar-refractivity contribution in [3.8, 4) is 0 Å². The molecule has 0 saturated carbocycles. The zero-order valence-corrected chi connectivity index (χ0v) is 11.2. The van der Waals surface area contributed by atoms with Gasteiger partial charge in [-0.05, 0) is 31.5 Å². The number of carboxylic acid groups (broad SMARTS) is 1. The maximum atomic E-state index is 11.7. The van der Waals surface area contributed by atoms with E-state index in [4.69, 9.17) is 5.11 Å². The fourth-order valence-electron chi connectivity index (χ4n) is 1.63. The van der Waals surface area contributed by atoms with Crippen LogP contribution in [-0.4, -0.2) is 21.8 Å². The number of aromatic carboxylic acids is 1. The standard InChI is InChI=1S/C12H13N3O3S/c1-7-8(2)19-10(9(7)11(16)17)13-12(18)14-15-5-3-4-6-15/h3-6H,1-2H3,(H,16,17)(H2,13,14,18). The van der Waals surface area contributed by atoms with Crippen LogP contribution in [0.5, 0.6) is 0 Å². The second kappa shape index (κ2) is 5.15. The van der Waals surface area contributed by atoms with E-state index in [2.05, 4.69) is 10.7 Å². The van der Waals surface area contributed by atoms with Crippen LogP contribution in [-0.2, 0) is 0 Å². The quantitative estimate of drug-likeness (QED) is 0.807. The van der Waals surface area contributed by atoms with E-state index >= 15 is 0 Å². The zero-order valence-electron chi connectivity index (χ0n) is 10.4. The predicted molar refractivity (Wildman–Crippen MR) is 73.6 cm³/mol. The fourth-order valence-corrected chi connectivity index (χ4v) is 2.68. The highest BCUT2D eigenvalue weighted by atomic mass is 32.1. The summed E-state index contributed by atoms with van der Waals surface area (Å²) in [5, 5.41) is 12.1. The van der Waals surface area contributed by atoms with Crippen LogP contribution in [0, 0.1) is 13.8 Å². The number of aromatic nitrogens is 1. The predicted octanol–water partition coefficient (Wildman–Crippen LogP) is 2.64. The lowest BCUT2D eigenvalue weighted by Gasteiger charge is -2.07. The molecule has 6 nitrogen and oxygen atoms in total. The van der Waals surface area contributed by atoms with Crippen LogP contribution in [0.25, 0.3) is 0 Å². The number of hydrogen-bond acceptors (Lipinski definition) is 3. The van der Waals surface area contributed by atoms with E-state index in [0.29, 0.717) is 10.6 Å². The van der Waals surface area contributed by atoms with E-state index in [-0.39, 0.29) is 5.56 Å². The number of carboxylic acids is 1. The maximum Gasteiger partial charge on any atom is 0.338 e. The molecule has 0 fully saturated rings. The molecule has 2 heterocycles. The Morgan fingerprint density at radius 2 is 1.89 bits per heavy atom. The minimum absolute atomic E-state index is 0.144. The van der Waals surface area contributed by atoms with E-state index in [1.165, 1.54) is 16.0 Å². The Hall–Kier alpha value is -2.28. The molecule has 0 radical (unpaired) electrons. The van der Waals surface area contributed by atoms with Crippen molar-refractivity contribution in [2.24, 2.45) is 0 Å². The molecule has 0 aliphatic heterocycles. The monoisotopic (exact) mass is 279 g/mol. The molecular weight excluding hydrogens is 266 g/mol. The number of anilines is 1. The van der Waals surface area contributed by atoms with Crippen LogP contribution in [0.1, 0.15) is 20.8 Å². The van der Waals surface area contributed by atoms with E-state index in [0.717, 1.165) is 4.88 Å². The van der Waals surface area contributed by atoms with Crippen molar-refractivity contribution in [2.45, 2.75) is 13.8 Å². The molecule has 2 rings (SSSR count). The normalized spacial score (nSPS) is 10.2. The van der Waals surface area contributed by atoms with Gasteiger partial charge in [0.2, 0.25) is 0 Å². The van der Waals surface area contributed by atoms with Gasteiger partial charge in [-0.1, -0.05) is 0 Å². The third-order valence-electron chi connectivity index (χ3n) is 2.66. The van der Waals surface area contributed by atoms with Crippen LogP contribution >= 0.6 is 11.3 Å². The third kappa shape index (κ3) is 2.76. The Morgan fingerprint density at radius 1 is 1.26 bits per heavy atom. The molecule has 0 aliphatic rings. The van der Waals surface area contributed by atoms with Gasteiger partial charge in [-0.15, -0.1) is 11.3 Å². The van der Waals surface area contributed by atoms with Gasteiger partial charge >= 0.3 is 12.0 Å². The largest absolute Gasteiger partial charge is 0.478 e. The fraction of sp³-hybridized carbons (Fsp3) is 0.167. The van der Waals surface area contributed by atoms with Crippen molar-refractivity contribution in [3.05, 3.63) is 40.5 Å². The van der Waals surface area contributed by atoms with E-state index in [9.17, 15) is 9.59 Å². The molecule has 0 saturated heterocycles. The molecule has 19 heavy (non-hydrogen) atoms. The number of amides is 2. The number of rotatable bonds is 3. The van der Waals surface area contributed by atoms with Gasteiger partial charge in [0.05, 0.1) is 5.56 Å². The highest BCUT2D eigenvalue weighted by Gasteiger charge is 2.20. The zero-order chi connectivity index (χ0) is 14.0. The average molecular weight is 279 g/mol. The van der Waals surface area contributed by atoms with Crippen molar-refractivity contribution in [3.63, 3.8) is 0 Å². The average Bonchev–Trinajstić information content (AvgIpc) is 2.88. The number of nitrogens with zero attached hydrogens (tertiary/aromatic N) is 1. The SMILES string of the molecule is Cc1sc(NC(=O)Nn2cccc2)c(C(=O)O)c1C. The van der Waals surface area contributed by atoms with Crippen LogP contribution in [0.3, 0.4) is 0 Å². The van der Waals surface area contributed by atoms with Crippen LogP contribution in [0.15, 0.2) is 24.5 Å². The number of nitrogens with one attached hydrogen (secondary N) is 2. The number of hydrogen-bond donors (Lipinski definition) is 3. The minimum Gasteiger partial charge on any atom is -0.478 e. The number of thiophene rings is 1. The van der Waals surface area contributed by atoms with Gasteiger partial charge in [0.1, 0.15) is 5.00 Å². The molecule has 100 valence electrons. The van der Waals surface area contributed by atoms with Gasteiger partial charge < -0.3 is 5.11 Å². The Balaban J connectivity index is 2.17. The van der Waals surface area contributed by atoms with Crippen molar-refractivity contribution in [1.82, 2.24) is 4.68 Å². The molecule has 0 bridgehead atoms. The van der Waals surface area contributed by atoms with Gasteiger partial charge in [0.15, 0.2) is 0 Å². The molecule has 3 N–H and O–H groups in total. The summed E-state index contributed by atoms with van der Waals surface area (Å²) in [4.78, 5) is 23.8.